The van der Waals surface area contributed by atoms with Gasteiger partial charge in [-0.3, -0.25) is 14.4 Å². The van der Waals surface area contributed by atoms with Gasteiger partial charge in [-0.2, -0.15) is 35.3 Å². The lowest BCUT2D eigenvalue weighted by molar-refractivity contribution is -0.139. The lowest BCUT2D eigenvalue weighted by atomic mass is 10.3. The Hall–Kier alpha value is -0.780. The Balaban J connectivity index is 4.87. The average Bonchev–Trinajstić information content (AvgIpc) is 2.90. The number of aliphatic hydroxyl groups excluding tert-OH is 6. The standard InChI is InChI=1S/C22H43N3O9S3/c1-2-24(21(33)4-7-36-13-18(30)10-27)16-25(22(34)5-8-37-14-19(31)11-28)15-23-20(32)3-6-35-12-17(29)9-26/h17-19,26-31H,2-16H2,1H3,(H,23,32). The Kier molecular flexibility index (Phi) is 22.6. The van der Waals surface area contributed by atoms with Crippen LogP contribution in [-0.4, -0.2) is 151 Å². The molecule has 0 fully saturated rings. The predicted octanol–water partition coefficient (Wildman–Crippen LogP) is -1.88. The number of nitrogens with one attached hydrogen (secondary N) is 1. The number of carbonyl (C=O) groups excluding carboxylic acids is 3. The fraction of sp³-hybridized carbons (Fsp3) is 0.864. The lowest BCUT2D eigenvalue weighted by Crippen LogP contribution is -2.49. The number of carbonyl (C=O) groups is 3. The summed E-state index contributed by atoms with van der Waals surface area (Å²) in [5.41, 5.74) is 0. The molecule has 37 heavy (non-hydrogen) atoms. The van der Waals surface area contributed by atoms with Crippen LogP contribution in [0.15, 0.2) is 0 Å². The van der Waals surface area contributed by atoms with Crippen molar-refractivity contribution < 1.29 is 45.0 Å². The molecule has 0 aliphatic carbocycles. The first-order chi connectivity index (χ1) is 17.7. The number of hydrogen-bond acceptors (Lipinski definition) is 12. The fourth-order valence-electron chi connectivity index (χ4n) is 2.67. The van der Waals surface area contributed by atoms with Crippen molar-refractivity contribution in [3.63, 3.8) is 0 Å². The Morgan fingerprint density at radius 2 is 1.11 bits per heavy atom. The van der Waals surface area contributed by atoms with Crippen LogP contribution in [-0.2, 0) is 14.4 Å². The summed E-state index contributed by atoms with van der Waals surface area (Å²) in [4.78, 5) is 40.7. The van der Waals surface area contributed by atoms with Gasteiger partial charge in [0.2, 0.25) is 17.7 Å². The zero-order valence-electron chi connectivity index (χ0n) is 21.4. The van der Waals surface area contributed by atoms with E-state index in [1.54, 1.807) is 6.92 Å². The third-order valence-electron chi connectivity index (χ3n) is 4.85. The van der Waals surface area contributed by atoms with E-state index in [1.165, 1.54) is 45.1 Å². The van der Waals surface area contributed by atoms with Crippen molar-refractivity contribution in [2.45, 2.75) is 44.5 Å². The molecule has 0 heterocycles. The Labute approximate surface area is 231 Å². The maximum atomic E-state index is 12.9. The molecule has 0 aromatic rings. The molecule has 3 atom stereocenters. The summed E-state index contributed by atoms with van der Waals surface area (Å²) >= 11 is 3.99. The molecule has 0 aromatic carbocycles. The molecule has 7 N–H and O–H groups in total. The Morgan fingerprint density at radius 3 is 1.51 bits per heavy atom. The molecule has 0 radical (unpaired) electrons. The van der Waals surface area contributed by atoms with E-state index in [1.807, 2.05) is 0 Å². The van der Waals surface area contributed by atoms with Gasteiger partial charge in [0, 0.05) is 60.3 Å². The molecular weight excluding hydrogens is 546 g/mol. The molecule has 3 amide bonds. The molecule has 0 aliphatic heterocycles. The summed E-state index contributed by atoms with van der Waals surface area (Å²) in [6.07, 6.45) is -2.07. The quantitative estimate of drug-likeness (QED) is 0.0520. The molecule has 0 saturated carbocycles. The summed E-state index contributed by atoms with van der Waals surface area (Å²) in [5.74, 6) is 1.42. The monoisotopic (exact) mass is 589 g/mol. The number of hydrogen-bond donors (Lipinski definition) is 7. The predicted molar refractivity (Wildman–Crippen MR) is 147 cm³/mol. The molecule has 0 aromatic heterocycles. The molecule has 0 bridgehead atoms. The first kappa shape index (κ1) is 36.2. The second-order valence-electron chi connectivity index (χ2n) is 8.07. The minimum atomic E-state index is -0.864. The smallest absolute Gasteiger partial charge is 0.226 e. The minimum absolute atomic E-state index is 0.0141. The summed E-state index contributed by atoms with van der Waals surface area (Å²) in [5, 5.41) is 57.5. The second kappa shape index (κ2) is 23.1. The third-order valence-corrected chi connectivity index (χ3v) is 8.19. The van der Waals surface area contributed by atoms with Crippen molar-refractivity contribution in [1.29, 1.82) is 0 Å². The van der Waals surface area contributed by atoms with Crippen LogP contribution < -0.4 is 5.32 Å². The first-order valence-electron chi connectivity index (χ1n) is 12.1. The van der Waals surface area contributed by atoms with Gasteiger partial charge in [0.15, 0.2) is 0 Å². The highest BCUT2D eigenvalue weighted by atomic mass is 32.2. The molecule has 15 heteroatoms. The number of amides is 3. The molecular formula is C22H43N3O9S3. The van der Waals surface area contributed by atoms with Crippen LogP contribution >= 0.6 is 35.3 Å². The highest BCUT2D eigenvalue weighted by Crippen LogP contribution is 2.10. The number of thioether (sulfide) groups is 3. The van der Waals surface area contributed by atoms with Gasteiger partial charge in [0.25, 0.3) is 0 Å². The van der Waals surface area contributed by atoms with Crippen molar-refractivity contribution >= 4 is 53.0 Å². The van der Waals surface area contributed by atoms with Gasteiger partial charge in [0.1, 0.15) is 0 Å². The van der Waals surface area contributed by atoms with Crippen LogP contribution in [0.1, 0.15) is 26.2 Å². The van der Waals surface area contributed by atoms with Crippen molar-refractivity contribution in [3.8, 4) is 0 Å². The number of nitrogens with zero attached hydrogens (tertiary/aromatic N) is 2. The number of rotatable bonds is 23. The van der Waals surface area contributed by atoms with Crippen LogP contribution in [0, 0.1) is 0 Å². The maximum Gasteiger partial charge on any atom is 0.226 e. The van der Waals surface area contributed by atoms with E-state index < -0.39 is 18.3 Å². The summed E-state index contributed by atoms with van der Waals surface area (Å²) in [6, 6.07) is 0. The van der Waals surface area contributed by atoms with Gasteiger partial charge in [-0.25, -0.2) is 0 Å². The van der Waals surface area contributed by atoms with Gasteiger partial charge < -0.3 is 45.8 Å². The van der Waals surface area contributed by atoms with E-state index in [9.17, 15) is 29.7 Å². The molecule has 218 valence electrons. The number of aliphatic hydroxyl groups is 6. The average molecular weight is 590 g/mol. The molecule has 12 nitrogen and oxygen atoms in total. The van der Waals surface area contributed by atoms with E-state index in [4.69, 9.17) is 15.3 Å². The van der Waals surface area contributed by atoms with E-state index in [0.717, 1.165) is 0 Å². The van der Waals surface area contributed by atoms with E-state index in [-0.39, 0.29) is 75.9 Å². The van der Waals surface area contributed by atoms with E-state index in [0.29, 0.717) is 35.3 Å². The van der Waals surface area contributed by atoms with Crippen molar-refractivity contribution in [3.05, 3.63) is 0 Å². The molecule has 0 aliphatic rings. The highest BCUT2D eigenvalue weighted by Gasteiger charge is 2.21. The van der Waals surface area contributed by atoms with Gasteiger partial charge in [-0.15, -0.1) is 0 Å². The molecule has 3 unspecified atom stereocenters. The zero-order valence-corrected chi connectivity index (χ0v) is 23.8. The van der Waals surface area contributed by atoms with Gasteiger partial charge >= 0.3 is 0 Å². The van der Waals surface area contributed by atoms with Crippen LogP contribution in [0.2, 0.25) is 0 Å². The maximum absolute atomic E-state index is 12.9. The molecule has 0 spiro atoms. The van der Waals surface area contributed by atoms with Crippen molar-refractivity contribution in [1.82, 2.24) is 15.1 Å². The van der Waals surface area contributed by atoms with Crippen LogP contribution in [0.5, 0.6) is 0 Å². The van der Waals surface area contributed by atoms with Crippen molar-refractivity contribution in [2.24, 2.45) is 0 Å². The van der Waals surface area contributed by atoms with Crippen molar-refractivity contribution in [2.75, 3.05) is 74.2 Å². The first-order valence-corrected chi connectivity index (χ1v) is 15.6. The van der Waals surface area contributed by atoms with Crippen LogP contribution in [0.4, 0.5) is 0 Å². The fourth-order valence-corrected chi connectivity index (χ4v) is 5.27. The zero-order chi connectivity index (χ0) is 28.1. The summed E-state index contributed by atoms with van der Waals surface area (Å²) < 4.78 is 0. The summed E-state index contributed by atoms with van der Waals surface area (Å²) in [6.45, 7) is 0.982. The lowest BCUT2D eigenvalue weighted by Gasteiger charge is -2.30. The topological polar surface area (TPSA) is 191 Å². The largest absolute Gasteiger partial charge is 0.394 e. The highest BCUT2D eigenvalue weighted by molar-refractivity contribution is 7.99. The SMILES string of the molecule is CCN(CN(CNC(=O)CCSCC(O)CO)C(=O)CCSCC(O)CO)C(=O)CCSCC(O)CO. The third kappa shape index (κ3) is 19.0. The Morgan fingerprint density at radius 1 is 0.703 bits per heavy atom. The second-order valence-corrected chi connectivity index (χ2v) is 11.5. The molecule has 0 saturated heterocycles. The van der Waals surface area contributed by atoms with E-state index in [2.05, 4.69) is 5.32 Å². The molecule has 0 rings (SSSR count). The van der Waals surface area contributed by atoms with Crippen LogP contribution in [0.25, 0.3) is 0 Å². The summed E-state index contributed by atoms with van der Waals surface area (Å²) in [7, 11) is 0. The normalized spacial score (nSPS) is 13.6. The van der Waals surface area contributed by atoms with E-state index >= 15 is 0 Å². The van der Waals surface area contributed by atoms with Gasteiger partial charge in [-0.1, -0.05) is 0 Å². The minimum Gasteiger partial charge on any atom is -0.394 e. The van der Waals surface area contributed by atoms with Gasteiger partial charge in [0.05, 0.1) is 51.5 Å². The Bertz CT molecular complexity index is 637. The van der Waals surface area contributed by atoms with Crippen LogP contribution in [0.3, 0.4) is 0 Å². The van der Waals surface area contributed by atoms with Gasteiger partial charge in [-0.05, 0) is 6.92 Å².